The molecule has 2 nitrogen and oxygen atoms in total. The molecule has 1 aromatic heterocycles. The molecule has 0 unspecified atom stereocenters. The van der Waals surface area contributed by atoms with E-state index in [-0.39, 0.29) is 5.41 Å². The van der Waals surface area contributed by atoms with Gasteiger partial charge in [0, 0.05) is 0 Å². The zero-order valence-corrected chi connectivity index (χ0v) is 10.7. The fourth-order valence-corrected chi connectivity index (χ4v) is 2.16. The summed E-state index contributed by atoms with van der Waals surface area (Å²) in [7, 11) is 0. The Morgan fingerprint density at radius 1 is 1.38 bits per heavy atom. The van der Waals surface area contributed by atoms with Gasteiger partial charge < -0.3 is 0 Å². The van der Waals surface area contributed by atoms with Crippen LogP contribution in [0.3, 0.4) is 0 Å². The van der Waals surface area contributed by atoms with Crippen LogP contribution >= 0.6 is 0 Å². The Labute approximate surface area is 98.0 Å². The Balaban J connectivity index is 2.43. The van der Waals surface area contributed by atoms with Gasteiger partial charge in [0.1, 0.15) is 5.71 Å². The Morgan fingerprint density at radius 2 is 2.12 bits per heavy atom. The molecule has 86 valence electrons. The first-order chi connectivity index (χ1) is 7.57. The largest absolute Gasteiger partial charge is 0.327 e. The molecule has 1 aromatic rings. The smallest absolute Gasteiger partial charge is 0.231 e. The number of hydrogen-bond acceptors (Lipinski definition) is 1. The molecule has 0 bridgehead atoms. The average Bonchev–Trinajstić information content (AvgIpc) is 2.49. The molecular weight excluding hydrogens is 196 g/mol. The van der Waals surface area contributed by atoms with Gasteiger partial charge in [0.25, 0.3) is 0 Å². The quantitative estimate of drug-likeness (QED) is 0.692. The SMILES string of the molecule is CCCC[n+]1cccc2c1N=C(C)C2(C)C. The number of fused-ring (bicyclic) bond motifs is 1. The van der Waals surface area contributed by atoms with E-state index < -0.39 is 0 Å². The van der Waals surface area contributed by atoms with Gasteiger partial charge in [0.05, 0.1) is 23.7 Å². The average molecular weight is 217 g/mol. The monoisotopic (exact) mass is 217 g/mol. The predicted octanol–water partition coefficient (Wildman–Crippen LogP) is 3.16. The number of aliphatic imine (C=N–C) groups is 1. The van der Waals surface area contributed by atoms with E-state index in [0.29, 0.717) is 0 Å². The Kier molecular flexibility index (Phi) is 2.83. The minimum atomic E-state index is 0.102. The summed E-state index contributed by atoms with van der Waals surface area (Å²) < 4.78 is 2.29. The lowest BCUT2D eigenvalue weighted by Crippen LogP contribution is -2.34. The molecule has 0 fully saturated rings. The first-order valence-electron chi connectivity index (χ1n) is 6.16. The third-order valence-corrected chi connectivity index (χ3v) is 3.65. The molecular formula is C14H21N2+. The van der Waals surface area contributed by atoms with Gasteiger partial charge >= 0.3 is 5.82 Å². The summed E-state index contributed by atoms with van der Waals surface area (Å²) in [5.74, 6) is 1.17. The zero-order chi connectivity index (χ0) is 11.8. The molecule has 0 aliphatic carbocycles. The van der Waals surface area contributed by atoms with Gasteiger partial charge in [-0.1, -0.05) is 13.3 Å². The summed E-state index contributed by atoms with van der Waals surface area (Å²) in [6.07, 6.45) is 4.59. The molecule has 0 N–H and O–H groups in total. The van der Waals surface area contributed by atoms with Gasteiger partial charge in [0.15, 0.2) is 0 Å². The minimum absolute atomic E-state index is 0.102. The maximum Gasteiger partial charge on any atom is 0.327 e. The van der Waals surface area contributed by atoms with Gasteiger partial charge in [-0.15, -0.1) is 0 Å². The van der Waals surface area contributed by atoms with Gasteiger partial charge in [0.2, 0.25) is 0 Å². The van der Waals surface area contributed by atoms with Crippen molar-refractivity contribution in [1.29, 1.82) is 0 Å². The van der Waals surface area contributed by atoms with E-state index in [4.69, 9.17) is 4.99 Å². The van der Waals surface area contributed by atoms with E-state index in [9.17, 15) is 0 Å². The van der Waals surface area contributed by atoms with Crippen LogP contribution in [0.1, 0.15) is 46.1 Å². The van der Waals surface area contributed by atoms with E-state index in [1.165, 1.54) is 29.9 Å². The number of hydrogen-bond donors (Lipinski definition) is 0. The second-order valence-corrected chi connectivity index (χ2v) is 5.11. The van der Waals surface area contributed by atoms with Crippen molar-refractivity contribution in [2.24, 2.45) is 4.99 Å². The maximum atomic E-state index is 4.74. The van der Waals surface area contributed by atoms with Crippen LogP contribution in [0, 0.1) is 0 Å². The molecule has 1 aliphatic heterocycles. The molecule has 2 heterocycles. The predicted molar refractivity (Wildman–Crippen MR) is 67.3 cm³/mol. The van der Waals surface area contributed by atoms with Crippen molar-refractivity contribution in [3.05, 3.63) is 23.9 Å². The van der Waals surface area contributed by atoms with Crippen LogP contribution < -0.4 is 4.57 Å². The molecule has 0 radical (unpaired) electrons. The molecule has 0 aromatic carbocycles. The molecule has 2 heteroatoms. The summed E-state index contributed by atoms with van der Waals surface area (Å²) in [5.41, 5.74) is 2.69. The van der Waals surface area contributed by atoms with Crippen molar-refractivity contribution in [2.45, 2.75) is 52.5 Å². The molecule has 0 amide bonds. The molecule has 0 saturated heterocycles. The zero-order valence-electron chi connectivity index (χ0n) is 10.7. The normalized spacial score (nSPS) is 17.1. The number of pyridine rings is 1. The molecule has 0 spiro atoms. The lowest BCUT2D eigenvalue weighted by molar-refractivity contribution is -0.684. The lowest BCUT2D eigenvalue weighted by atomic mass is 9.83. The number of rotatable bonds is 3. The van der Waals surface area contributed by atoms with Gasteiger partial charge in [-0.2, -0.15) is 0 Å². The molecule has 16 heavy (non-hydrogen) atoms. The van der Waals surface area contributed by atoms with Crippen LogP contribution in [0.15, 0.2) is 23.3 Å². The van der Waals surface area contributed by atoms with Gasteiger partial charge in [-0.25, -0.2) is 4.57 Å². The summed E-state index contributed by atoms with van der Waals surface area (Å²) in [6, 6.07) is 4.35. The fraction of sp³-hybridized carbons (Fsp3) is 0.571. The standard InChI is InChI=1S/C14H21N2/c1-5-6-9-16-10-7-8-12-13(16)15-11(2)14(12,3)4/h7-8,10H,5-6,9H2,1-4H3/q+1. The van der Waals surface area contributed by atoms with Crippen molar-refractivity contribution in [3.8, 4) is 0 Å². The second kappa shape index (κ2) is 4.00. The van der Waals surface area contributed by atoms with Crippen molar-refractivity contribution < 1.29 is 4.57 Å². The maximum absolute atomic E-state index is 4.74. The second-order valence-electron chi connectivity index (χ2n) is 5.11. The summed E-state index contributed by atoms with van der Waals surface area (Å²) in [6.45, 7) is 9.93. The summed E-state index contributed by atoms with van der Waals surface area (Å²) >= 11 is 0. The summed E-state index contributed by atoms with van der Waals surface area (Å²) in [4.78, 5) is 4.74. The van der Waals surface area contributed by atoms with Crippen LogP contribution in [0.4, 0.5) is 5.82 Å². The van der Waals surface area contributed by atoms with Crippen molar-refractivity contribution >= 4 is 11.5 Å². The number of unbranched alkanes of at least 4 members (excludes halogenated alkanes) is 1. The van der Waals surface area contributed by atoms with E-state index in [1.54, 1.807) is 0 Å². The number of aromatic nitrogens is 1. The highest BCUT2D eigenvalue weighted by Crippen LogP contribution is 2.37. The van der Waals surface area contributed by atoms with Gasteiger partial charge in [-0.3, -0.25) is 0 Å². The van der Waals surface area contributed by atoms with E-state index in [2.05, 4.69) is 50.6 Å². The van der Waals surface area contributed by atoms with Crippen LogP contribution in [-0.2, 0) is 12.0 Å². The van der Waals surface area contributed by atoms with E-state index >= 15 is 0 Å². The van der Waals surface area contributed by atoms with Crippen LogP contribution in [0.2, 0.25) is 0 Å². The van der Waals surface area contributed by atoms with E-state index in [0.717, 1.165) is 6.54 Å². The number of aryl methyl sites for hydroxylation is 1. The topological polar surface area (TPSA) is 16.2 Å². The van der Waals surface area contributed by atoms with Crippen LogP contribution in [0.25, 0.3) is 0 Å². The van der Waals surface area contributed by atoms with Crippen LogP contribution in [0.5, 0.6) is 0 Å². The summed E-state index contributed by atoms with van der Waals surface area (Å²) in [5, 5.41) is 0. The molecule has 1 aliphatic rings. The highest BCUT2D eigenvalue weighted by Gasteiger charge is 2.40. The molecule has 0 atom stereocenters. The Hall–Kier alpha value is -1.18. The first-order valence-corrected chi connectivity index (χ1v) is 6.16. The third-order valence-electron chi connectivity index (χ3n) is 3.65. The van der Waals surface area contributed by atoms with Crippen molar-refractivity contribution in [2.75, 3.05) is 0 Å². The van der Waals surface area contributed by atoms with E-state index in [1.807, 2.05) is 0 Å². The molecule has 2 rings (SSSR count). The minimum Gasteiger partial charge on any atom is -0.231 e. The Morgan fingerprint density at radius 3 is 2.81 bits per heavy atom. The molecule has 0 saturated carbocycles. The lowest BCUT2D eigenvalue weighted by Gasteiger charge is -2.15. The fourth-order valence-electron chi connectivity index (χ4n) is 2.16. The van der Waals surface area contributed by atoms with Crippen molar-refractivity contribution in [1.82, 2.24) is 0 Å². The highest BCUT2D eigenvalue weighted by atomic mass is 15.1. The van der Waals surface area contributed by atoms with Gasteiger partial charge in [-0.05, 0) is 44.3 Å². The Bertz CT molecular complexity index is 430. The van der Waals surface area contributed by atoms with Crippen molar-refractivity contribution in [3.63, 3.8) is 0 Å². The highest BCUT2D eigenvalue weighted by molar-refractivity contribution is 5.98. The first kappa shape index (κ1) is 11.3. The number of nitrogens with zero attached hydrogens (tertiary/aromatic N) is 2. The third kappa shape index (κ3) is 1.66. The van der Waals surface area contributed by atoms with Crippen LogP contribution in [-0.4, -0.2) is 5.71 Å².